The van der Waals surface area contributed by atoms with Crippen LogP contribution >= 0.6 is 0 Å². The van der Waals surface area contributed by atoms with Gasteiger partial charge in [0.15, 0.2) is 5.82 Å². The Morgan fingerprint density at radius 3 is 2.52 bits per heavy atom. The van der Waals surface area contributed by atoms with Crippen molar-refractivity contribution in [3.05, 3.63) is 70.8 Å². The van der Waals surface area contributed by atoms with Crippen molar-refractivity contribution in [1.29, 1.82) is 0 Å². The van der Waals surface area contributed by atoms with E-state index >= 15 is 0 Å². The number of hydrogen-bond acceptors (Lipinski definition) is 3. The van der Waals surface area contributed by atoms with Gasteiger partial charge in [0, 0.05) is 12.4 Å². The molecule has 0 radical (unpaired) electrons. The summed E-state index contributed by atoms with van der Waals surface area (Å²) in [6, 6.07) is 12.2. The van der Waals surface area contributed by atoms with Gasteiger partial charge in [-0.15, -0.1) is 0 Å². The van der Waals surface area contributed by atoms with E-state index in [0.717, 1.165) is 5.56 Å². The van der Waals surface area contributed by atoms with Gasteiger partial charge in [0.2, 0.25) is 0 Å². The third kappa shape index (κ3) is 2.34. The van der Waals surface area contributed by atoms with Gasteiger partial charge in [0.05, 0.1) is 11.1 Å². The van der Waals surface area contributed by atoms with E-state index in [-0.39, 0.29) is 11.1 Å². The highest BCUT2D eigenvalue weighted by Crippen LogP contribution is 2.14. The molecule has 0 atom stereocenters. The number of aromatic nitrogens is 3. The van der Waals surface area contributed by atoms with Crippen LogP contribution in [0.2, 0.25) is 0 Å². The Morgan fingerprint density at radius 2 is 1.90 bits per heavy atom. The summed E-state index contributed by atoms with van der Waals surface area (Å²) < 4.78 is 1.27. The summed E-state index contributed by atoms with van der Waals surface area (Å²) in [5.74, 6) is -0.718. The van der Waals surface area contributed by atoms with Crippen molar-refractivity contribution in [2.75, 3.05) is 0 Å². The number of nitrogens with zero attached hydrogens (tertiary/aromatic N) is 2. The maximum absolute atomic E-state index is 12.4. The van der Waals surface area contributed by atoms with Crippen LogP contribution in [0.15, 0.2) is 59.7 Å². The van der Waals surface area contributed by atoms with Crippen LogP contribution in [0.5, 0.6) is 0 Å². The highest BCUT2D eigenvalue weighted by atomic mass is 16.4. The van der Waals surface area contributed by atoms with Gasteiger partial charge in [-0.2, -0.15) is 0 Å². The van der Waals surface area contributed by atoms with Crippen molar-refractivity contribution in [1.82, 2.24) is 14.8 Å². The lowest BCUT2D eigenvalue weighted by molar-refractivity contribution is 0.0696. The normalized spacial score (nSPS) is 10.5. The van der Waals surface area contributed by atoms with E-state index in [1.807, 2.05) is 30.3 Å². The Bertz CT molecular complexity index is 833. The van der Waals surface area contributed by atoms with Gasteiger partial charge in [0.1, 0.15) is 0 Å². The summed E-state index contributed by atoms with van der Waals surface area (Å²) in [7, 11) is 0. The lowest BCUT2D eigenvalue weighted by atomic mass is 10.1. The minimum atomic E-state index is -1.06. The lowest BCUT2D eigenvalue weighted by Crippen LogP contribution is -2.17. The minimum absolute atomic E-state index is 0.0710. The third-order valence-electron chi connectivity index (χ3n) is 3.08. The van der Waals surface area contributed by atoms with Gasteiger partial charge in [-0.25, -0.2) is 14.5 Å². The van der Waals surface area contributed by atoms with Crippen LogP contribution in [0, 0.1) is 0 Å². The predicted molar refractivity (Wildman–Crippen MR) is 76.6 cm³/mol. The van der Waals surface area contributed by atoms with Crippen molar-refractivity contribution in [3.8, 4) is 16.9 Å². The number of hydrogen-bond donors (Lipinski definition) is 2. The molecule has 21 heavy (non-hydrogen) atoms. The smallest absolute Gasteiger partial charge is 0.337 e. The van der Waals surface area contributed by atoms with E-state index in [4.69, 9.17) is 5.11 Å². The number of rotatable bonds is 3. The van der Waals surface area contributed by atoms with Crippen molar-refractivity contribution in [3.63, 3.8) is 0 Å². The quantitative estimate of drug-likeness (QED) is 0.767. The molecule has 3 aromatic rings. The second kappa shape index (κ2) is 5.09. The summed E-state index contributed by atoms with van der Waals surface area (Å²) in [6.07, 6.45) is 2.82. The van der Waals surface area contributed by atoms with Crippen LogP contribution in [0.1, 0.15) is 10.4 Å². The first-order valence-electron chi connectivity index (χ1n) is 6.22. The molecular weight excluding hydrogens is 270 g/mol. The molecule has 2 heterocycles. The number of aromatic carboxylic acids is 1. The lowest BCUT2D eigenvalue weighted by Gasteiger charge is -2.00. The van der Waals surface area contributed by atoms with Gasteiger partial charge >= 0.3 is 5.97 Å². The molecule has 0 aliphatic rings. The molecule has 0 fully saturated rings. The van der Waals surface area contributed by atoms with Gasteiger partial charge in [-0.1, -0.05) is 30.3 Å². The Labute approximate surface area is 119 Å². The predicted octanol–water partition coefficient (Wildman–Crippen LogP) is 1.93. The maximum Gasteiger partial charge on any atom is 0.337 e. The number of aromatic amines is 1. The number of benzene rings is 1. The molecule has 0 unspecified atom stereocenters. The Morgan fingerprint density at radius 1 is 1.14 bits per heavy atom. The van der Waals surface area contributed by atoms with Gasteiger partial charge in [0.25, 0.3) is 5.56 Å². The molecule has 2 N–H and O–H groups in total. The summed E-state index contributed by atoms with van der Waals surface area (Å²) in [6.45, 7) is 0. The molecule has 0 spiro atoms. The van der Waals surface area contributed by atoms with Crippen molar-refractivity contribution >= 4 is 5.97 Å². The van der Waals surface area contributed by atoms with Gasteiger partial charge in [-0.3, -0.25) is 9.89 Å². The van der Waals surface area contributed by atoms with E-state index in [1.165, 1.54) is 23.0 Å². The van der Waals surface area contributed by atoms with Crippen LogP contribution in [0.3, 0.4) is 0 Å². The number of pyridine rings is 1. The Kier molecular flexibility index (Phi) is 3.12. The second-order valence-electron chi connectivity index (χ2n) is 4.40. The first-order chi connectivity index (χ1) is 10.2. The molecule has 0 amide bonds. The highest BCUT2D eigenvalue weighted by molar-refractivity contribution is 5.87. The van der Waals surface area contributed by atoms with E-state index in [9.17, 15) is 9.59 Å². The summed E-state index contributed by atoms with van der Waals surface area (Å²) in [5, 5.41) is 11.7. The van der Waals surface area contributed by atoms with Crippen LogP contribution in [-0.4, -0.2) is 25.8 Å². The fourth-order valence-electron chi connectivity index (χ4n) is 2.01. The molecule has 6 nitrogen and oxygen atoms in total. The molecule has 6 heteroatoms. The van der Waals surface area contributed by atoms with Crippen molar-refractivity contribution in [2.45, 2.75) is 0 Å². The SMILES string of the molecule is O=C(O)c1ccc(-n2[nH]cc(-c3ccccc3)c2=O)nc1. The molecule has 2 aromatic heterocycles. The zero-order valence-corrected chi connectivity index (χ0v) is 10.9. The van der Waals surface area contributed by atoms with Crippen LogP contribution in [0.4, 0.5) is 0 Å². The molecular formula is C15H11N3O3. The van der Waals surface area contributed by atoms with E-state index in [1.54, 1.807) is 6.20 Å². The van der Waals surface area contributed by atoms with Crippen LogP contribution < -0.4 is 5.56 Å². The molecule has 1 aromatic carbocycles. The number of carboxylic acid groups (broad SMARTS) is 1. The molecule has 0 saturated heterocycles. The molecule has 3 rings (SSSR count). The summed E-state index contributed by atoms with van der Waals surface area (Å²) >= 11 is 0. The van der Waals surface area contributed by atoms with Crippen molar-refractivity contribution in [2.24, 2.45) is 0 Å². The first-order valence-corrected chi connectivity index (χ1v) is 6.22. The molecule has 0 aliphatic heterocycles. The maximum atomic E-state index is 12.4. The largest absolute Gasteiger partial charge is 0.478 e. The van der Waals surface area contributed by atoms with Gasteiger partial charge in [-0.05, 0) is 17.7 Å². The Hall–Kier alpha value is -3.15. The number of carbonyl (C=O) groups is 1. The summed E-state index contributed by atoms with van der Waals surface area (Å²) in [4.78, 5) is 27.1. The standard InChI is InChI=1S/C15H11N3O3/c19-14-12(10-4-2-1-3-5-10)9-17-18(14)13-7-6-11(8-16-13)15(20)21/h1-9,17H,(H,20,21). The second-order valence-corrected chi connectivity index (χ2v) is 4.40. The topological polar surface area (TPSA) is 88.0 Å². The number of nitrogens with one attached hydrogen (secondary N) is 1. The number of carboxylic acids is 1. The van der Waals surface area contributed by atoms with Gasteiger partial charge < -0.3 is 5.11 Å². The molecule has 0 aliphatic carbocycles. The first kappa shape index (κ1) is 12.9. The van der Waals surface area contributed by atoms with E-state index in [2.05, 4.69) is 10.1 Å². The van der Waals surface area contributed by atoms with Crippen LogP contribution in [0.25, 0.3) is 16.9 Å². The molecule has 0 bridgehead atoms. The summed E-state index contributed by atoms with van der Waals surface area (Å²) in [5.41, 5.74) is 1.16. The number of H-pyrrole nitrogens is 1. The van der Waals surface area contributed by atoms with Crippen LogP contribution in [-0.2, 0) is 0 Å². The molecule has 0 saturated carbocycles. The average Bonchev–Trinajstić information content (AvgIpc) is 2.90. The zero-order chi connectivity index (χ0) is 14.8. The zero-order valence-electron chi connectivity index (χ0n) is 10.9. The monoisotopic (exact) mass is 281 g/mol. The minimum Gasteiger partial charge on any atom is -0.478 e. The van der Waals surface area contributed by atoms with Crippen molar-refractivity contribution < 1.29 is 9.90 Å². The van der Waals surface area contributed by atoms with E-state index < -0.39 is 5.97 Å². The third-order valence-corrected chi connectivity index (χ3v) is 3.08. The fraction of sp³-hybridized carbons (Fsp3) is 0. The highest BCUT2D eigenvalue weighted by Gasteiger charge is 2.11. The van der Waals surface area contributed by atoms with E-state index in [0.29, 0.717) is 11.4 Å². The molecule has 104 valence electrons. The Balaban J connectivity index is 2.03. The fourth-order valence-corrected chi connectivity index (χ4v) is 2.01. The average molecular weight is 281 g/mol.